The first kappa shape index (κ1) is 12.4. The number of hydrogen-bond donors (Lipinski definition) is 1. The molecule has 2 aromatic rings. The van der Waals surface area contributed by atoms with Crippen LogP contribution in [0.4, 0.5) is 0 Å². The zero-order valence-electron chi connectivity index (χ0n) is 10.7. The van der Waals surface area contributed by atoms with Gasteiger partial charge in [0, 0.05) is 10.4 Å². The van der Waals surface area contributed by atoms with Crippen LogP contribution in [-0.4, -0.2) is 16.1 Å². The molecule has 1 atom stereocenters. The number of fused-ring (bicyclic) bond motifs is 1. The molecule has 0 saturated carbocycles. The van der Waals surface area contributed by atoms with Crippen molar-refractivity contribution in [1.29, 1.82) is 0 Å². The summed E-state index contributed by atoms with van der Waals surface area (Å²) in [6.07, 6.45) is 3.41. The maximum atomic E-state index is 10.8. The Kier molecular flexibility index (Phi) is 3.11. The fraction of sp³-hybridized carbons (Fsp3) is 0.333. The minimum atomic E-state index is -0.890. The van der Waals surface area contributed by atoms with Crippen LogP contribution in [0.1, 0.15) is 34.3 Å². The van der Waals surface area contributed by atoms with Gasteiger partial charge >= 0.3 is 5.97 Å². The molecule has 1 unspecified atom stereocenters. The second kappa shape index (κ2) is 4.78. The first-order valence-electron chi connectivity index (χ1n) is 6.46. The topological polar surface area (TPSA) is 50.2 Å². The van der Waals surface area contributed by atoms with Crippen molar-refractivity contribution in [2.24, 2.45) is 5.92 Å². The highest BCUT2D eigenvalue weighted by molar-refractivity contribution is 7.15. The van der Waals surface area contributed by atoms with Crippen molar-refractivity contribution in [1.82, 2.24) is 4.98 Å². The number of carbonyl (C=O) groups is 1. The van der Waals surface area contributed by atoms with E-state index in [0.717, 1.165) is 29.3 Å². The number of aryl methyl sites for hydroxylation is 1. The van der Waals surface area contributed by atoms with Crippen LogP contribution in [0.3, 0.4) is 0 Å². The normalized spacial score (nSPS) is 18.1. The lowest BCUT2D eigenvalue weighted by molar-refractivity contribution is 0.0697. The predicted molar refractivity (Wildman–Crippen MR) is 75.7 cm³/mol. The number of carboxylic acid groups (broad SMARTS) is 1. The fourth-order valence-electron chi connectivity index (χ4n) is 2.42. The van der Waals surface area contributed by atoms with E-state index < -0.39 is 5.97 Å². The summed E-state index contributed by atoms with van der Waals surface area (Å²) in [5.41, 5.74) is 2.57. The molecule has 1 aromatic heterocycles. The number of nitrogens with zero attached hydrogens (tertiary/aromatic N) is 1. The molecule has 1 aliphatic rings. The lowest BCUT2D eigenvalue weighted by atomic mass is 9.93. The number of rotatable bonds is 2. The van der Waals surface area contributed by atoms with E-state index >= 15 is 0 Å². The van der Waals surface area contributed by atoms with Crippen LogP contribution in [0.2, 0.25) is 0 Å². The van der Waals surface area contributed by atoms with E-state index in [1.54, 1.807) is 23.5 Å². The van der Waals surface area contributed by atoms with Crippen LogP contribution >= 0.6 is 11.3 Å². The van der Waals surface area contributed by atoms with E-state index in [1.807, 2.05) is 12.1 Å². The van der Waals surface area contributed by atoms with Gasteiger partial charge in [0.05, 0.1) is 11.3 Å². The molecule has 4 heteroatoms. The number of carboxylic acids is 1. The van der Waals surface area contributed by atoms with Gasteiger partial charge in [-0.05, 0) is 37.3 Å². The smallest absolute Gasteiger partial charge is 0.335 e. The van der Waals surface area contributed by atoms with Gasteiger partial charge < -0.3 is 5.11 Å². The molecule has 1 N–H and O–H groups in total. The zero-order valence-corrected chi connectivity index (χ0v) is 11.5. The molecule has 0 aliphatic heterocycles. The van der Waals surface area contributed by atoms with Gasteiger partial charge in [0.1, 0.15) is 5.01 Å². The minimum absolute atomic E-state index is 0.318. The number of thiazole rings is 1. The Bertz CT molecular complexity index is 616. The molecule has 1 heterocycles. The van der Waals surface area contributed by atoms with Crippen LogP contribution in [0.15, 0.2) is 24.3 Å². The van der Waals surface area contributed by atoms with Gasteiger partial charge in [-0.3, -0.25) is 0 Å². The predicted octanol–water partition coefficient (Wildman–Crippen LogP) is 3.63. The average molecular weight is 273 g/mol. The summed E-state index contributed by atoms with van der Waals surface area (Å²) in [5.74, 6) is -0.144. The fourth-order valence-corrected chi connectivity index (χ4v) is 3.70. The van der Waals surface area contributed by atoms with Crippen LogP contribution in [-0.2, 0) is 12.8 Å². The number of hydrogen-bond acceptors (Lipinski definition) is 3. The molecule has 98 valence electrons. The maximum absolute atomic E-state index is 10.8. The largest absolute Gasteiger partial charge is 0.478 e. The van der Waals surface area contributed by atoms with E-state index in [1.165, 1.54) is 17.0 Å². The van der Waals surface area contributed by atoms with Crippen LogP contribution in [0, 0.1) is 5.92 Å². The molecular formula is C15H15NO2S. The highest BCUT2D eigenvalue weighted by atomic mass is 32.1. The number of aromatic nitrogens is 1. The first-order chi connectivity index (χ1) is 9.13. The van der Waals surface area contributed by atoms with Crippen LogP contribution in [0.25, 0.3) is 10.6 Å². The van der Waals surface area contributed by atoms with Crippen molar-refractivity contribution in [2.45, 2.75) is 26.2 Å². The van der Waals surface area contributed by atoms with E-state index in [9.17, 15) is 4.79 Å². The van der Waals surface area contributed by atoms with Crippen LogP contribution < -0.4 is 0 Å². The van der Waals surface area contributed by atoms with Gasteiger partial charge in [-0.1, -0.05) is 19.1 Å². The van der Waals surface area contributed by atoms with Crippen molar-refractivity contribution >= 4 is 17.3 Å². The summed E-state index contributed by atoms with van der Waals surface area (Å²) in [5, 5.41) is 9.91. The molecule has 0 radical (unpaired) electrons. The van der Waals surface area contributed by atoms with Gasteiger partial charge in [-0.15, -0.1) is 11.3 Å². The SMILES string of the molecule is CC1CCc2nc(-c3ccc(C(=O)O)cc3)sc2C1. The van der Waals surface area contributed by atoms with Gasteiger partial charge in [-0.2, -0.15) is 0 Å². The summed E-state index contributed by atoms with van der Waals surface area (Å²) in [7, 11) is 0. The Morgan fingerprint density at radius 3 is 2.79 bits per heavy atom. The molecule has 0 saturated heterocycles. The van der Waals surface area contributed by atoms with Gasteiger partial charge in [0.25, 0.3) is 0 Å². The second-order valence-electron chi connectivity index (χ2n) is 5.12. The molecule has 0 amide bonds. The van der Waals surface area contributed by atoms with E-state index in [-0.39, 0.29) is 0 Å². The molecule has 1 aromatic carbocycles. The molecule has 0 bridgehead atoms. The third-order valence-corrected chi connectivity index (χ3v) is 4.73. The summed E-state index contributed by atoms with van der Waals surface area (Å²) in [4.78, 5) is 16.9. The molecule has 0 fully saturated rings. The standard InChI is InChI=1S/C15H15NO2S/c1-9-2-7-12-13(8-9)19-14(16-12)10-3-5-11(6-4-10)15(17)18/h3-6,9H,2,7-8H2,1H3,(H,17,18). The van der Waals surface area contributed by atoms with E-state index in [4.69, 9.17) is 10.1 Å². The Morgan fingerprint density at radius 2 is 2.11 bits per heavy atom. The summed E-state index contributed by atoms with van der Waals surface area (Å²) in [6.45, 7) is 2.28. The molecule has 3 rings (SSSR count). The van der Waals surface area contributed by atoms with Crippen molar-refractivity contribution in [3.8, 4) is 10.6 Å². The van der Waals surface area contributed by atoms with Gasteiger partial charge in [-0.25, -0.2) is 9.78 Å². The second-order valence-corrected chi connectivity index (χ2v) is 6.20. The minimum Gasteiger partial charge on any atom is -0.478 e. The quantitative estimate of drug-likeness (QED) is 0.909. The molecule has 19 heavy (non-hydrogen) atoms. The highest BCUT2D eigenvalue weighted by Gasteiger charge is 2.20. The zero-order chi connectivity index (χ0) is 13.4. The average Bonchev–Trinajstić information content (AvgIpc) is 2.81. The lowest BCUT2D eigenvalue weighted by Crippen LogP contribution is -2.09. The molecule has 3 nitrogen and oxygen atoms in total. The summed E-state index contributed by atoms with van der Waals surface area (Å²) >= 11 is 1.75. The van der Waals surface area contributed by atoms with Crippen molar-refractivity contribution in [3.63, 3.8) is 0 Å². The van der Waals surface area contributed by atoms with E-state index in [0.29, 0.717) is 5.56 Å². The first-order valence-corrected chi connectivity index (χ1v) is 7.27. The Balaban J connectivity index is 1.92. The highest BCUT2D eigenvalue weighted by Crippen LogP contribution is 2.34. The molecule has 1 aliphatic carbocycles. The summed E-state index contributed by atoms with van der Waals surface area (Å²) < 4.78 is 0. The Morgan fingerprint density at radius 1 is 1.37 bits per heavy atom. The maximum Gasteiger partial charge on any atom is 0.335 e. The van der Waals surface area contributed by atoms with Crippen LogP contribution in [0.5, 0.6) is 0 Å². The van der Waals surface area contributed by atoms with Crippen molar-refractivity contribution < 1.29 is 9.90 Å². The number of benzene rings is 1. The third-order valence-electron chi connectivity index (χ3n) is 3.56. The van der Waals surface area contributed by atoms with Gasteiger partial charge in [0.15, 0.2) is 0 Å². The summed E-state index contributed by atoms with van der Waals surface area (Å²) in [6, 6.07) is 6.97. The monoisotopic (exact) mass is 273 g/mol. The Hall–Kier alpha value is -1.68. The molecule has 0 spiro atoms. The van der Waals surface area contributed by atoms with Gasteiger partial charge in [0.2, 0.25) is 0 Å². The van der Waals surface area contributed by atoms with E-state index in [2.05, 4.69) is 6.92 Å². The molecular weight excluding hydrogens is 258 g/mol. The van der Waals surface area contributed by atoms with Crippen molar-refractivity contribution in [2.75, 3.05) is 0 Å². The lowest BCUT2D eigenvalue weighted by Gasteiger charge is -2.15. The third kappa shape index (κ3) is 2.40. The number of aromatic carboxylic acids is 1. The Labute approximate surface area is 115 Å². The van der Waals surface area contributed by atoms with Crippen molar-refractivity contribution in [3.05, 3.63) is 40.4 Å².